The predicted octanol–water partition coefficient (Wildman–Crippen LogP) is 1.90. The van der Waals surface area contributed by atoms with Crippen LogP contribution in [0.3, 0.4) is 0 Å². The number of rotatable bonds is 5. The van der Waals surface area contributed by atoms with Crippen LogP contribution in [0.15, 0.2) is 24.3 Å². The Kier molecular flexibility index (Phi) is 5.12. The fourth-order valence-corrected chi connectivity index (χ4v) is 2.36. The van der Waals surface area contributed by atoms with Crippen LogP contribution in [0.25, 0.3) is 0 Å². The first kappa shape index (κ1) is 14.5. The molecule has 1 aliphatic heterocycles. The van der Waals surface area contributed by atoms with Gasteiger partial charge in [-0.05, 0) is 38.1 Å². The number of carbonyl (C=O) groups excluding carboxylic acids is 2. The van der Waals surface area contributed by atoms with Gasteiger partial charge in [0.25, 0.3) is 0 Å². The van der Waals surface area contributed by atoms with Crippen LogP contribution < -0.4 is 5.32 Å². The Hall–Kier alpha value is -1.88. The number of nitrogens with zero attached hydrogens (tertiary/aromatic N) is 1. The first-order valence-corrected chi connectivity index (χ1v) is 6.90. The molecule has 0 unspecified atom stereocenters. The lowest BCUT2D eigenvalue weighted by atomic mass is 10.1. The lowest BCUT2D eigenvalue weighted by Gasteiger charge is -2.14. The Morgan fingerprint density at radius 1 is 1.25 bits per heavy atom. The third kappa shape index (κ3) is 3.81. The van der Waals surface area contributed by atoms with Gasteiger partial charge >= 0.3 is 5.97 Å². The van der Waals surface area contributed by atoms with Crippen molar-refractivity contribution in [3.05, 3.63) is 29.8 Å². The van der Waals surface area contributed by atoms with E-state index in [9.17, 15) is 9.59 Å². The molecule has 1 saturated heterocycles. The molecule has 1 fully saturated rings. The largest absolute Gasteiger partial charge is 0.465 e. The van der Waals surface area contributed by atoms with Gasteiger partial charge in [-0.2, -0.15) is 0 Å². The second-order valence-corrected chi connectivity index (χ2v) is 4.88. The number of ether oxygens (including phenoxy) is 1. The Morgan fingerprint density at radius 3 is 2.65 bits per heavy atom. The van der Waals surface area contributed by atoms with Crippen molar-refractivity contribution in [3.63, 3.8) is 0 Å². The highest BCUT2D eigenvalue weighted by atomic mass is 16.5. The standard InChI is InChI=1S/C15H20N2O3/c1-20-15(19)12-6-2-3-7-13(12)16-14(18)8-11-17-9-4-5-10-17/h2-3,6-7H,4-5,8-11H2,1H3,(H,16,18). The van der Waals surface area contributed by atoms with E-state index in [1.54, 1.807) is 24.3 Å². The van der Waals surface area contributed by atoms with Gasteiger partial charge in [-0.15, -0.1) is 0 Å². The van der Waals surface area contributed by atoms with Crippen molar-refractivity contribution in [3.8, 4) is 0 Å². The summed E-state index contributed by atoms with van der Waals surface area (Å²) in [5, 5.41) is 2.78. The molecule has 20 heavy (non-hydrogen) atoms. The van der Waals surface area contributed by atoms with E-state index in [-0.39, 0.29) is 5.91 Å². The zero-order chi connectivity index (χ0) is 14.4. The van der Waals surface area contributed by atoms with Crippen molar-refractivity contribution in [2.75, 3.05) is 32.1 Å². The SMILES string of the molecule is COC(=O)c1ccccc1NC(=O)CCN1CCCC1. The van der Waals surface area contributed by atoms with Crippen molar-refractivity contribution in [1.29, 1.82) is 0 Å². The Bertz CT molecular complexity index is 482. The maximum atomic E-state index is 11.9. The molecule has 108 valence electrons. The van der Waals surface area contributed by atoms with Crippen LogP contribution in [0.5, 0.6) is 0 Å². The van der Waals surface area contributed by atoms with Crippen LogP contribution in [-0.2, 0) is 9.53 Å². The smallest absolute Gasteiger partial charge is 0.339 e. The van der Waals surface area contributed by atoms with Gasteiger partial charge in [0.15, 0.2) is 0 Å². The molecule has 2 rings (SSSR count). The minimum Gasteiger partial charge on any atom is -0.465 e. The van der Waals surface area contributed by atoms with Gasteiger partial charge in [-0.1, -0.05) is 12.1 Å². The second-order valence-electron chi connectivity index (χ2n) is 4.88. The van der Waals surface area contributed by atoms with Crippen molar-refractivity contribution in [2.45, 2.75) is 19.3 Å². The summed E-state index contributed by atoms with van der Waals surface area (Å²) in [6, 6.07) is 6.87. The van der Waals surface area contributed by atoms with Crippen LogP contribution in [-0.4, -0.2) is 43.5 Å². The number of nitrogens with one attached hydrogen (secondary N) is 1. The zero-order valence-electron chi connectivity index (χ0n) is 11.7. The molecule has 0 saturated carbocycles. The molecule has 0 bridgehead atoms. The molecule has 1 heterocycles. The summed E-state index contributed by atoms with van der Waals surface area (Å²) in [6.45, 7) is 2.92. The minimum absolute atomic E-state index is 0.0757. The first-order valence-electron chi connectivity index (χ1n) is 6.90. The van der Waals surface area contributed by atoms with Crippen molar-refractivity contribution in [2.24, 2.45) is 0 Å². The topological polar surface area (TPSA) is 58.6 Å². The minimum atomic E-state index is -0.444. The average Bonchev–Trinajstić information content (AvgIpc) is 2.98. The van der Waals surface area contributed by atoms with Gasteiger partial charge < -0.3 is 15.0 Å². The van der Waals surface area contributed by atoms with E-state index in [1.807, 2.05) is 0 Å². The summed E-state index contributed by atoms with van der Waals surface area (Å²) in [5.41, 5.74) is 0.885. The van der Waals surface area contributed by atoms with Crippen LogP contribution in [0.2, 0.25) is 0 Å². The molecule has 1 aliphatic rings. The Morgan fingerprint density at radius 2 is 1.95 bits per heavy atom. The zero-order valence-corrected chi connectivity index (χ0v) is 11.7. The average molecular weight is 276 g/mol. The van der Waals surface area contributed by atoms with Gasteiger partial charge in [0, 0.05) is 13.0 Å². The molecule has 0 aliphatic carbocycles. The Labute approximate surface area is 118 Å². The number of hydrogen-bond acceptors (Lipinski definition) is 4. The fraction of sp³-hybridized carbons (Fsp3) is 0.467. The molecule has 1 amide bonds. The molecular weight excluding hydrogens is 256 g/mol. The van der Waals surface area contributed by atoms with E-state index < -0.39 is 5.97 Å². The van der Waals surface area contributed by atoms with Gasteiger partial charge in [-0.25, -0.2) is 4.79 Å². The van der Waals surface area contributed by atoms with Crippen LogP contribution in [0, 0.1) is 0 Å². The molecule has 5 nitrogen and oxygen atoms in total. The van der Waals surface area contributed by atoms with Crippen LogP contribution in [0.1, 0.15) is 29.6 Å². The molecule has 0 radical (unpaired) electrons. The molecular formula is C15H20N2O3. The number of methoxy groups -OCH3 is 1. The number of hydrogen-bond donors (Lipinski definition) is 1. The molecule has 1 aromatic carbocycles. The normalized spacial score (nSPS) is 15.1. The van der Waals surface area contributed by atoms with Crippen LogP contribution >= 0.6 is 0 Å². The maximum absolute atomic E-state index is 11.9. The second kappa shape index (κ2) is 7.05. The molecule has 0 aromatic heterocycles. The monoisotopic (exact) mass is 276 g/mol. The lowest BCUT2D eigenvalue weighted by molar-refractivity contribution is -0.116. The number of esters is 1. The quantitative estimate of drug-likeness (QED) is 0.834. The molecule has 0 atom stereocenters. The van der Waals surface area contributed by atoms with Gasteiger partial charge in [0.1, 0.15) is 0 Å². The number of para-hydroxylation sites is 1. The van der Waals surface area contributed by atoms with E-state index in [1.165, 1.54) is 20.0 Å². The first-order chi connectivity index (χ1) is 9.70. The summed E-state index contributed by atoms with van der Waals surface area (Å²) >= 11 is 0. The predicted molar refractivity (Wildman–Crippen MR) is 76.7 cm³/mol. The summed E-state index contributed by atoms with van der Waals surface area (Å²) in [4.78, 5) is 25.8. The number of amides is 1. The van der Waals surface area contributed by atoms with Crippen molar-refractivity contribution in [1.82, 2.24) is 4.90 Å². The summed E-state index contributed by atoms with van der Waals surface area (Å²) in [6.07, 6.45) is 2.87. The fourth-order valence-electron chi connectivity index (χ4n) is 2.36. The highest BCUT2D eigenvalue weighted by Gasteiger charge is 2.15. The van der Waals surface area contributed by atoms with E-state index in [0.29, 0.717) is 17.7 Å². The molecule has 0 spiro atoms. The summed E-state index contributed by atoms with van der Waals surface area (Å²) in [5.74, 6) is -0.520. The Balaban J connectivity index is 1.91. The van der Waals surface area contributed by atoms with Crippen LogP contribution in [0.4, 0.5) is 5.69 Å². The number of likely N-dealkylation sites (tertiary alicyclic amines) is 1. The maximum Gasteiger partial charge on any atom is 0.339 e. The number of benzene rings is 1. The van der Waals surface area contributed by atoms with Gasteiger partial charge in [0.2, 0.25) is 5.91 Å². The van der Waals surface area contributed by atoms with Crippen molar-refractivity contribution < 1.29 is 14.3 Å². The molecule has 5 heteroatoms. The van der Waals surface area contributed by atoms with E-state index in [0.717, 1.165) is 19.6 Å². The molecule has 1 aromatic rings. The lowest BCUT2D eigenvalue weighted by Crippen LogP contribution is -2.25. The van der Waals surface area contributed by atoms with E-state index in [4.69, 9.17) is 4.74 Å². The third-order valence-electron chi connectivity index (χ3n) is 3.46. The highest BCUT2D eigenvalue weighted by Crippen LogP contribution is 2.16. The number of carbonyl (C=O) groups is 2. The van der Waals surface area contributed by atoms with E-state index in [2.05, 4.69) is 10.2 Å². The van der Waals surface area contributed by atoms with Crippen molar-refractivity contribution >= 4 is 17.6 Å². The number of anilines is 1. The summed E-state index contributed by atoms with van der Waals surface area (Å²) < 4.78 is 4.70. The van der Waals surface area contributed by atoms with Gasteiger partial charge in [-0.3, -0.25) is 4.79 Å². The van der Waals surface area contributed by atoms with Gasteiger partial charge in [0.05, 0.1) is 18.4 Å². The molecule has 1 N–H and O–H groups in total. The third-order valence-corrected chi connectivity index (χ3v) is 3.46. The summed E-state index contributed by atoms with van der Waals surface area (Å²) in [7, 11) is 1.33. The highest BCUT2D eigenvalue weighted by molar-refractivity contribution is 6.01. The van der Waals surface area contributed by atoms with E-state index >= 15 is 0 Å².